The molecule has 3 rings (SSSR count). The van der Waals surface area contributed by atoms with Crippen LogP contribution in [-0.4, -0.2) is 11.2 Å². The molecule has 0 aliphatic carbocycles. The maximum atomic E-state index is 10.4. The molecule has 0 fully saturated rings. The summed E-state index contributed by atoms with van der Waals surface area (Å²) in [5, 5.41) is 10.4. The quantitative estimate of drug-likeness (QED) is 0.883. The zero-order chi connectivity index (χ0) is 12.7. The highest BCUT2D eigenvalue weighted by molar-refractivity contribution is 5.43. The van der Waals surface area contributed by atoms with Crippen molar-refractivity contribution in [1.29, 1.82) is 0 Å². The summed E-state index contributed by atoms with van der Waals surface area (Å²) >= 11 is 0. The zero-order valence-corrected chi connectivity index (χ0v) is 10.5. The lowest BCUT2D eigenvalue weighted by Crippen LogP contribution is -2.05. The minimum Gasteiger partial charge on any atom is -0.490 e. The molecule has 1 aromatic carbocycles. The van der Waals surface area contributed by atoms with E-state index in [4.69, 9.17) is 9.15 Å². The molecule has 2 unspecified atom stereocenters. The first-order chi connectivity index (χ1) is 8.65. The second kappa shape index (κ2) is 4.18. The minimum absolute atomic E-state index is 0.225. The van der Waals surface area contributed by atoms with Gasteiger partial charge in [-0.3, -0.25) is 0 Å². The average Bonchev–Trinajstić information content (AvgIpc) is 2.91. The molecule has 0 amide bonds. The van der Waals surface area contributed by atoms with Gasteiger partial charge in [-0.05, 0) is 43.2 Å². The Kier molecular flexibility index (Phi) is 2.63. The fourth-order valence-electron chi connectivity index (χ4n) is 2.47. The lowest BCUT2D eigenvalue weighted by Gasteiger charge is -2.11. The van der Waals surface area contributed by atoms with E-state index in [1.807, 2.05) is 31.2 Å². The summed E-state index contributed by atoms with van der Waals surface area (Å²) in [6.07, 6.45) is 2.10. The number of hydrogen-bond acceptors (Lipinski definition) is 3. The van der Waals surface area contributed by atoms with Crippen LogP contribution in [0.3, 0.4) is 0 Å². The molecule has 0 radical (unpaired) electrons. The molecule has 1 aromatic heterocycles. The molecule has 0 saturated heterocycles. The number of benzene rings is 1. The van der Waals surface area contributed by atoms with Crippen molar-refractivity contribution in [3.63, 3.8) is 0 Å². The summed E-state index contributed by atoms with van der Waals surface area (Å²) in [6, 6.07) is 7.68. The maximum absolute atomic E-state index is 10.4. The van der Waals surface area contributed by atoms with Gasteiger partial charge in [0, 0.05) is 12.0 Å². The Bertz CT molecular complexity index is 571. The molecule has 3 nitrogen and oxygen atoms in total. The van der Waals surface area contributed by atoms with Crippen molar-refractivity contribution in [2.75, 3.05) is 0 Å². The van der Waals surface area contributed by atoms with Gasteiger partial charge in [0.25, 0.3) is 0 Å². The van der Waals surface area contributed by atoms with Gasteiger partial charge in [0.2, 0.25) is 0 Å². The van der Waals surface area contributed by atoms with Crippen molar-refractivity contribution in [1.82, 2.24) is 0 Å². The monoisotopic (exact) mass is 244 g/mol. The van der Waals surface area contributed by atoms with Crippen LogP contribution in [0.15, 0.2) is 34.9 Å². The van der Waals surface area contributed by atoms with Crippen LogP contribution in [0.2, 0.25) is 0 Å². The second-order valence-electron chi connectivity index (χ2n) is 4.83. The smallest absolute Gasteiger partial charge is 0.123 e. The van der Waals surface area contributed by atoms with Crippen LogP contribution >= 0.6 is 0 Å². The molecule has 0 saturated carbocycles. The third-order valence-corrected chi connectivity index (χ3v) is 3.43. The molecule has 94 valence electrons. The average molecular weight is 244 g/mol. The molecule has 0 spiro atoms. The molecule has 3 heteroatoms. The number of rotatable bonds is 2. The van der Waals surface area contributed by atoms with Crippen molar-refractivity contribution >= 4 is 0 Å². The molecule has 2 aromatic rings. The van der Waals surface area contributed by atoms with Gasteiger partial charge in [0.15, 0.2) is 0 Å². The largest absolute Gasteiger partial charge is 0.490 e. The predicted molar refractivity (Wildman–Crippen MR) is 67.7 cm³/mol. The molecular formula is C15H16O3. The van der Waals surface area contributed by atoms with Crippen LogP contribution < -0.4 is 4.74 Å². The lowest BCUT2D eigenvalue weighted by atomic mass is 9.99. The van der Waals surface area contributed by atoms with Crippen LogP contribution in [0.25, 0.3) is 0 Å². The first kappa shape index (κ1) is 11.4. The number of ether oxygens (including phenoxy) is 1. The highest BCUT2D eigenvalue weighted by Crippen LogP contribution is 2.33. The number of aliphatic hydroxyl groups excluding tert-OH is 1. The highest BCUT2D eigenvalue weighted by Gasteiger charge is 2.22. The molecule has 0 bridgehead atoms. The molecule has 18 heavy (non-hydrogen) atoms. The van der Waals surface area contributed by atoms with Crippen LogP contribution in [0.5, 0.6) is 5.75 Å². The number of aliphatic hydroxyl groups is 1. The summed E-state index contributed by atoms with van der Waals surface area (Å²) in [5.74, 6) is 1.69. The van der Waals surface area contributed by atoms with Crippen LogP contribution in [0.1, 0.15) is 35.5 Å². The summed E-state index contributed by atoms with van der Waals surface area (Å²) in [4.78, 5) is 0. The highest BCUT2D eigenvalue weighted by atomic mass is 16.5. The molecule has 1 N–H and O–H groups in total. The fraction of sp³-hybridized carbons (Fsp3) is 0.333. The van der Waals surface area contributed by atoms with E-state index < -0.39 is 6.10 Å². The first-order valence-corrected chi connectivity index (χ1v) is 6.16. The van der Waals surface area contributed by atoms with Gasteiger partial charge >= 0.3 is 0 Å². The van der Waals surface area contributed by atoms with Gasteiger partial charge in [-0.1, -0.05) is 6.07 Å². The Hall–Kier alpha value is -1.74. The van der Waals surface area contributed by atoms with Crippen molar-refractivity contribution in [3.8, 4) is 5.75 Å². The van der Waals surface area contributed by atoms with Gasteiger partial charge in [-0.25, -0.2) is 0 Å². The van der Waals surface area contributed by atoms with Crippen molar-refractivity contribution in [3.05, 3.63) is 53.0 Å². The van der Waals surface area contributed by atoms with E-state index in [2.05, 4.69) is 6.92 Å². The molecule has 2 heterocycles. The van der Waals surface area contributed by atoms with E-state index in [1.165, 1.54) is 5.56 Å². The van der Waals surface area contributed by atoms with Crippen LogP contribution in [0, 0.1) is 6.92 Å². The van der Waals surface area contributed by atoms with Crippen LogP contribution in [-0.2, 0) is 6.42 Å². The number of aryl methyl sites for hydroxylation is 1. The van der Waals surface area contributed by atoms with E-state index in [9.17, 15) is 5.11 Å². The van der Waals surface area contributed by atoms with Gasteiger partial charge in [0.05, 0.1) is 6.26 Å². The summed E-state index contributed by atoms with van der Waals surface area (Å²) in [7, 11) is 0. The number of hydrogen-bond donors (Lipinski definition) is 1. The van der Waals surface area contributed by atoms with Crippen molar-refractivity contribution in [2.45, 2.75) is 32.5 Å². The van der Waals surface area contributed by atoms with E-state index in [-0.39, 0.29) is 6.10 Å². The predicted octanol–water partition coefficient (Wildman–Crippen LogP) is 2.99. The van der Waals surface area contributed by atoms with E-state index in [0.717, 1.165) is 29.1 Å². The number of furan rings is 1. The molecule has 2 atom stereocenters. The van der Waals surface area contributed by atoms with E-state index in [1.54, 1.807) is 6.26 Å². The first-order valence-electron chi connectivity index (χ1n) is 6.16. The Labute approximate surface area is 106 Å². The minimum atomic E-state index is -0.634. The topological polar surface area (TPSA) is 42.6 Å². The summed E-state index contributed by atoms with van der Waals surface area (Å²) in [6.45, 7) is 3.91. The van der Waals surface area contributed by atoms with Gasteiger partial charge in [0.1, 0.15) is 23.7 Å². The lowest BCUT2D eigenvalue weighted by molar-refractivity contribution is 0.218. The van der Waals surface area contributed by atoms with E-state index in [0.29, 0.717) is 0 Å². The SMILES string of the molecule is Cc1occc1C(O)c1ccc2c(c1)CC(C)O2. The van der Waals surface area contributed by atoms with Gasteiger partial charge in [-0.2, -0.15) is 0 Å². The Morgan fingerprint density at radius 2 is 2.17 bits per heavy atom. The Balaban J connectivity index is 1.94. The van der Waals surface area contributed by atoms with Gasteiger partial charge < -0.3 is 14.3 Å². The summed E-state index contributed by atoms with van der Waals surface area (Å²) in [5.41, 5.74) is 2.87. The second-order valence-corrected chi connectivity index (χ2v) is 4.83. The summed E-state index contributed by atoms with van der Waals surface area (Å²) < 4.78 is 10.9. The van der Waals surface area contributed by atoms with E-state index >= 15 is 0 Å². The van der Waals surface area contributed by atoms with Gasteiger partial charge in [-0.15, -0.1) is 0 Å². The Morgan fingerprint density at radius 3 is 2.89 bits per heavy atom. The molecular weight excluding hydrogens is 228 g/mol. The standard InChI is InChI=1S/C15H16O3/c1-9-7-12-8-11(3-4-14(12)18-9)15(16)13-5-6-17-10(13)2/h3-6,8-9,15-16H,7H2,1-2H3. The molecule has 1 aliphatic rings. The third-order valence-electron chi connectivity index (χ3n) is 3.43. The van der Waals surface area contributed by atoms with Crippen LogP contribution in [0.4, 0.5) is 0 Å². The third kappa shape index (κ3) is 1.81. The zero-order valence-electron chi connectivity index (χ0n) is 10.5. The normalized spacial score (nSPS) is 19.4. The number of fused-ring (bicyclic) bond motifs is 1. The fourth-order valence-corrected chi connectivity index (χ4v) is 2.47. The Morgan fingerprint density at radius 1 is 1.33 bits per heavy atom. The molecule has 1 aliphatic heterocycles. The van der Waals surface area contributed by atoms with Crippen molar-refractivity contribution in [2.24, 2.45) is 0 Å². The van der Waals surface area contributed by atoms with Crippen molar-refractivity contribution < 1.29 is 14.3 Å². The maximum Gasteiger partial charge on any atom is 0.123 e.